The number of thiocarbonyl (C=S) groups is 1. The third-order valence-electron chi connectivity index (χ3n) is 1.27. The number of hydrogen-bond acceptors (Lipinski definition) is 2. The van der Waals surface area contributed by atoms with E-state index in [2.05, 4.69) is 30.2 Å². The SMILES string of the molecule is Fc1ccc(NC(=S)[S-])c(F)c1F. The van der Waals surface area contributed by atoms with E-state index in [4.69, 9.17) is 0 Å². The van der Waals surface area contributed by atoms with Crippen molar-refractivity contribution >= 4 is 34.9 Å². The molecule has 1 rings (SSSR count). The highest BCUT2D eigenvalue weighted by Crippen LogP contribution is 2.19. The van der Waals surface area contributed by atoms with E-state index in [1.165, 1.54) is 0 Å². The van der Waals surface area contributed by atoms with Gasteiger partial charge in [-0.25, -0.2) is 13.2 Å². The van der Waals surface area contributed by atoms with Gasteiger partial charge in [-0.05, 0) is 12.1 Å². The van der Waals surface area contributed by atoms with Crippen LogP contribution >= 0.6 is 12.2 Å². The van der Waals surface area contributed by atoms with Crippen molar-refractivity contribution in [3.8, 4) is 0 Å². The van der Waals surface area contributed by atoms with Crippen molar-refractivity contribution in [2.24, 2.45) is 0 Å². The van der Waals surface area contributed by atoms with Crippen LogP contribution in [0.4, 0.5) is 18.9 Å². The van der Waals surface area contributed by atoms with E-state index in [1.807, 2.05) is 0 Å². The number of benzene rings is 1. The normalized spacial score (nSPS) is 9.77. The molecule has 1 N–H and O–H groups in total. The number of halogens is 3. The van der Waals surface area contributed by atoms with E-state index < -0.39 is 17.5 Å². The number of rotatable bonds is 1. The molecule has 0 spiro atoms. The van der Waals surface area contributed by atoms with E-state index in [1.54, 1.807) is 0 Å². The van der Waals surface area contributed by atoms with Crippen LogP contribution in [-0.2, 0) is 12.6 Å². The Kier molecular flexibility index (Phi) is 3.05. The molecule has 0 aromatic heterocycles. The topological polar surface area (TPSA) is 12.0 Å². The van der Waals surface area contributed by atoms with Gasteiger partial charge in [-0.2, -0.15) is 0 Å². The second-order valence-electron chi connectivity index (χ2n) is 2.14. The van der Waals surface area contributed by atoms with E-state index in [9.17, 15) is 13.2 Å². The van der Waals surface area contributed by atoms with Gasteiger partial charge in [-0.3, -0.25) is 0 Å². The Morgan fingerprint density at radius 3 is 2.38 bits per heavy atom. The molecule has 0 atom stereocenters. The first-order chi connectivity index (χ1) is 6.02. The number of nitrogens with one attached hydrogen (secondary N) is 1. The molecule has 6 heteroatoms. The summed E-state index contributed by atoms with van der Waals surface area (Å²) < 4.78 is 37.7. The maximum atomic E-state index is 12.8. The summed E-state index contributed by atoms with van der Waals surface area (Å²) >= 11 is 8.87. The molecule has 0 amide bonds. The van der Waals surface area contributed by atoms with Crippen molar-refractivity contribution in [3.63, 3.8) is 0 Å². The van der Waals surface area contributed by atoms with Gasteiger partial charge in [0.05, 0.1) is 5.69 Å². The van der Waals surface area contributed by atoms with Gasteiger partial charge in [0.2, 0.25) is 0 Å². The summed E-state index contributed by atoms with van der Waals surface area (Å²) in [5.41, 5.74) is -0.265. The molecular weight excluding hydrogens is 219 g/mol. The molecule has 0 fully saturated rings. The number of hydrogen-bond donors (Lipinski definition) is 1. The maximum absolute atomic E-state index is 12.8. The van der Waals surface area contributed by atoms with Crippen LogP contribution in [0.25, 0.3) is 0 Å². The van der Waals surface area contributed by atoms with Crippen LogP contribution in [0.1, 0.15) is 0 Å². The fraction of sp³-hybridized carbons (Fsp3) is 0. The average Bonchev–Trinajstić information content (AvgIpc) is 2.06. The molecule has 0 aliphatic rings. The molecule has 0 aliphatic carbocycles. The molecule has 0 heterocycles. The molecule has 13 heavy (non-hydrogen) atoms. The summed E-state index contributed by atoms with van der Waals surface area (Å²) in [6.07, 6.45) is 0. The summed E-state index contributed by atoms with van der Waals surface area (Å²) in [5, 5.41) is 2.21. The summed E-state index contributed by atoms with van der Waals surface area (Å²) in [4.78, 5) is 0. The minimum Gasteiger partial charge on any atom is -0.411 e. The summed E-state index contributed by atoms with van der Waals surface area (Å²) in [5.74, 6) is -4.12. The first-order valence-corrected chi connectivity index (χ1v) is 3.95. The zero-order chi connectivity index (χ0) is 10.0. The van der Waals surface area contributed by atoms with Gasteiger partial charge in [0.1, 0.15) is 0 Å². The first kappa shape index (κ1) is 10.2. The van der Waals surface area contributed by atoms with Gasteiger partial charge in [0.15, 0.2) is 17.5 Å². The monoisotopic (exact) mass is 222 g/mol. The second-order valence-corrected chi connectivity index (χ2v) is 3.21. The largest absolute Gasteiger partial charge is 0.411 e. The van der Waals surface area contributed by atoms with Gasteiger partial charge < -0.3 is 30.2 Å². The lowest BCUT2D eigenvalue weighted by atomic mass is 10.3. The Morgan fingerprint density at radius 2 is 1.85 bits per heavy atom. The molecule has 0 bridgehead atoms. The van der Waals surface area contributed by atoms with Crippen molar-refractivity contribution < 1.29 is 13.2 Å². The van der Waals surface area contributed by atoms with Crippen molar-refractivity contribution in [3.05, 3.63) is 29.6 Å². The summed E-state index contributed by atoms with van der Waals surface area (Å²) in [6.45, 7) is 0. The molecule has 0 saturated heterocycles. The molecule has 0 saturated carbocycles. The zero-order valence-corrected chi connectivity index (χ0v) is 7.74. The Hall–Kier alpha value is -0.880. The first-order valence-electron chi connectivity index (χ1n) is 3.14. The molecule has 1 aromatic carbocycles. The van der Waals surface area contributed by atoms with Crippen LogP contribution in [0.3, 0.4) is 0 Å². The van der Waals surface area contributed by atoms with Crippen molar-refractivity contribution in [1.82, 2.24) is 0 Å². The van der Waals surface area contributed by atoms with Crippen LogP contribution in [0, 0.1) is 17.5 Å². The predicted molar refractivity (Wildman–Crippen MR) is 49.9 cm³/mol. The smallest absolute Gasteiger partial charge is 0.196 e. The highest BCUT2D eigenvalue weighted by Gasteiger charge is 2.12. The van der Waals surface area contributed by atoms with Gasteiger partial charge in [0.25, 0.3) is 0 Å². The summed E-state index contributed by atoms with van der Waals surface area (Å²) in [7, 11) is 0. The second kappa shape index (κ2) is 3.89. The third-order valence-corrected chi connectivity index (χ3v) is 1.48. The third kappa shape index (κ3) is 2.28. The number of anilines is 1. The highest BCUT2D eigenvalue weighted by atomic mass is 32.1. The molecule has 1 nitrogen and oxygen atoms in total. The van der Waals surface area contributed by atoms with Crippen LogP contribution in [0.15, 0.2) is 12.1 Å². The minimum atomic E-state index is -1.55. The van der Waals surface area contributed by atoms with Gasteiger partial charge >= 0.3 is 0 Å². The molecule has 0 aliphatic heterocycles. The lowest BCUT2D eigenvalue weighted by Gasteiger charge is -2.10. The molecular formula is C7H3F3NS2-. The van der Waals surface area contributed by atoms with E-state index in [0.717, 1.165) is 12.1 Å². The summed E-state index contributed by atoms with van der Waals surface area (Å²) in [6, 6.07) is 1.81. The quantitative estimate of drug-likeness (QED) is 0.445. The van der Waals surface area contributed by atoms with Crippen molar-refractivity contribution in [2.75, 3.05) is 5.32 Å². The molecule has 0 unspecified atom stereocenters. The van der Waals surface area contributed by atoms with Gasteiger partial charge in [-0.15, -0.1) is 0 Å². The standard InChI is InChI=1S/C7H4F3NS2/c8-3-1-2-4(11-7(12)13)6(10)5(3)9/h1-2H,(H2,11,12,13)/p-1. The van der Waals surface area contributed by atoms with E-state index in [0.29, 0.717) is 0 Å². The van der Waals surface area contributed by atoms with Gasteiger partial charge in [-0.1, -0.05) is 4.32 Å². The lowest BCUT2D eigenvalue weighted by Crippen LogP contribution is -2.07. The molecule has 0 radical (unpaired) electrons. The van der Waals surface area contributed by atoms with Crippen molar-refractivity contribution in [2.45, 2.75) is 0 Å². The fourth-order valence-electron chi connectivity index (χ4n) is 0.732. The fourth-order valence-corrected chi connectivity index (χ4v) is 0.952. The molecule has 70 valence electrons. The maximum Gasteiger partial charge on any atom is 0.196 e. The predicted octanol–water partition coefficient (Wildman–Crippen LogP) is 2.35. The Morgan fingerprint density at radius 1 is 1.23 bits per heavy atom. The van der Waals surface area contributed by atoms with Crippen LogP contribution < -0.4 is 5.32 Å². The van der Waals surface area contributed by atoms with Crippen molar-refractivity contribution in [1.29, 1.82) is 0 Å². The van der Waals surface area contributed by atoms with E-state index in [-0.39, 0.29) is 10.0 Å². The molecule has 1 aromatic rings. The average molecular weight is 222 g/mol. The van der Waals surface area contributed by atoms with Gasteiger partial charge in [0, 0.05) is 0 Å². The van der Waals surface area contributed by atoms with Crippen LogP contribution in [0.2, 0.25) is 0 Å². The van der Waals surface area contributed by atoms with Crippen LogP contribution in [-0.4, -0.2) is 4.32 Å². The van der Waals surface area contributed by atoms with Crippen LogP contribution in [0.5, 0.6) is 0 Å². The highest BCUT2D eigenvalue weighted by molar-refractivity contribution is 8.00. The Balaban J connectivity index is 3.10. The Bertz CT molecular complexity index is 354. The van der Waals surface area contributed by atoms with E-state index >= 15 is 0 Å². The lowest BCUT2D eigenvalue weighted by molar-refractivity contribution is 0.449. The Labute approximate surface area is 83.4 Å². The zero-order valence-electron chi connectivity index (χ0n) is 6.11. The minimum absolute atomic E-state index is 0.134.